The summed E-state index contributed by atoms with van der Waals surface area (Å²) in [7, 11) is 1.65. The number of hydrogen-bond donors (Lipinski definition) is 0. The zero-order valence-corrected chi connectivity index (χ0v) is 13.2. The van der Waals surface area contributed by atoms with Gasteiger partial charge in [-0.05, 0) is 24.3 Å². The van der Waals surface area contributed by atoms with Gasteiger partial charge in [-0.3, -0.25) is 0 Å². The first kappa shape index (κ1) is 13.8. The third-order valence-electron chi connectivity index (χ3n) is 3.53. The van der Waals surface area contributed by atoms with Gasteiger partial charge in [0, 0.05) is 11.1 Å². The Bertz CT molecular complexity index is 949. The topological polar surface area (TPSA) is 47.9 Å². The molecule has 4 rings (SSSR count). The summed E-state index contributed by atoms with van der Waals surface area (Å²) in [5.41, 5.74) is 3.57. The molecule has 2 aromatic carbocycles. The lowest BCUT2D eigenvalue weighted by atomic mass is 10.1. The van der Waals surface area contributed by atoms with Crippen molar-refractivity contribution in [2.45, 2.75) is 0 Å². The Kier molecular flexibility index (Phi) is 3.48. The number of hydrogen-bond acceptors (Lipinski definition) is 5. The predicted octanol–water partition coefficient (Wildman–Crippen LogP) is 4.43. The van der Waals surface area contributed by atoms with E-state index in [0.29, 0.717) is 5.65 Å². The van der Waals surface area contributed by atoms with E-state index in [-0.39, 0.29) is 0 Å². The smallest absolute Gasteiger partial charge is 0.190 e. The van der Waals surface area contributed by atoms with Crippen LogP contribution < -0.4 is 4.74 Å². The third-order valence-corrected chi connectivity index (χ3v) is 4.53. The minimum atomic E-state index is 0.683. The van der Waals surface area contributed by atoms with Crippen LogP contribution in [0.25, 0.3) is 32.3 Å². The van der Waals surface area contributed by atoms with E-state index >= 15 is 0 Å². The molecule has 0 aliphatic carbocycles. The second-order valence-electron chi connectivity index (χ2n) is 5.00. The number of benzene rings is 2. The van der Waals surface area contributed by atoms with E-state index in [1.165, 1.54) is 0 Å². The van der Waals surface area contributed by atoms with Crippen LogP contribution in [0.15, 0.2) is 60.8 Å². The van der Waals surface area contributed by atoms with Gasteiger partial charge in [0.2, 0.25) is 0 Å². The second kappa shape index (κ2) is 5.78. The molecule has 5 heteroatoms. The third kappa shape index (κ3) is 2.66. The van der Waals surface area contributed by atoms with Gasteiger partial charge in [-0.1, -0.05) is 41.7 Å². The van der Waals surface area contributed by atoms with Crippen LogP contribution in [-0.4, -0.2) is 22.1 Å². The monoisotopic (exact) mass is 319 g/mol. The number of nitrogens with zero attached hydrogens (tertiary/aromatic N) is 3. The Morgan fingerprint density at radius 2 is 1.65 bits per heavy atom. The Hall–Kier alpha value is -2.79. The number of fused-ring (bicyclic) bond motifs is 1. The van der Waals surface area contributed by atoms with Crippen LogP contribution in [0.2, 0.25) is 0 Å². The molecule has 23 heavy (non-hydrogen) atoms. The van der Waals surface area contributed by atoms with Crippen LogP contribution in [0.3, 0.4) is 0 Å². The molecule has 0 aliphatic heterocycles. The van der Waals surface area contributed by atoms with Crippen molar-refractivity contribution >= 4 is 21.8 Å². The zero-order valence-electron chi connectivity index (χ0n) is 12.4. The van der Waals surface area contributed by atoms with Crippen molar-refractivity contribution in [1.29, 1.82) is 0 Å². The summed E-state index contributed by atoms with van der Waals surface area (Å²) in [6.07, 6.45) is 1.79. The highest BCUT2D eigenvalue weighted by molar-refractivity contribution is 7.21. The summed E-state index contributed by atoms with van der Waals surface area (Å²) < 4.78 is 5.18. The maximum Gasteiger partial charge on any atom is 0.190 e. The molecule has 2 aromatic heterocycles. The van der Waals surface area contributed by atoms with Gasteiger partial charge >= 0.3 is 0 Å². The highest BCUT2D eigenvalue weighted by Gasteiger charge is 2.10. The Balaban J connectivity index is 1.75. The fourth-order valence-electron chi connectivity index (χ4n) is 2.33. The van der Waals surface area contributed by atoms with Crippen molar-refractivity contribution in [1.82, 2.24) is 15.0 Å². The van der Waals surface area contributed by atoms with Gasteiger partial charge in [-0.15, -0.1) is 0 Å². The number of ether oxygens (including phenoxy) is 1. The number of thiazole rings is 1. The first-order chi connectivity index (χ1) is 11.3. The first-order valence-electron chi connectivity index (χ1n) is 7.17. The van der Waals surface area contributed by atoms with E-state index in [1.54, 1.807) is 24.6 Å². The fraction of sp³-hybridized carbons (Fsp3) is 0.0556. The van der Waals surface area contributed by atoms with E-state index in [2.05, 4.69) is 15.0 Å². The molecule has 2 heterocycles. The summed E-state index contributed by atoms with van der Waals surface area (Å²) in [4.78, 5) is 14.6. The Morgan fingerprint density at radius 1 is 0.870 bits per heavy atom. The Morgan fingerprint density at radius 3 is 2.39 bits per heavy atom. The average Bonchev–Trinajstić information content (AvgIpc) is 3.06. The molecule has 0 N–H and O–H groups in total. The van der Waals surface area contributed by atoms with E-state index in [0.717, 1.165) is 32.4 Å². The van der Waals surface area contributed by atoms with E-state index < -0.39 is 0 Å². The fourth-order valence-corrected chi connectivity index (χ4v) is 3.19. The van der Waals surface area contributed by atoms with Crippen LogP contribution in [-0.2, 0) is 0 Å². The van der Waals surface area contributed by atoms with E-state index in [4.69, 9.17) is 4.74 Å². The SMILES string of the molecule is COc1ccc(-c2cnc3sc(-c4ccccc4)nc3n2)cc1. The molecule has 0 fully saturated rings. The Labute approximate surface area is 137 Å². The molecule has 4 nitrogen and oxygen atoms in total. The highest BCUT2D eigenvalue weighted by Crippen LogP contribution is 2.29. The van der Waals surface area contributed by atoms with Crippen LogP contribution in [0.1, 0.15) is 0 Å². The molecule has 0 saturated carbocycles. The first-order valence-corrected chi connectivity index (χ1v) is 7.98. The molecule has 0 saturated heterocycles. The van der Waals surface area contributed by atoms with E-state index in [1.807, 2.05) is 54.6 Å². The standard InChI is InChI=1S/C18H13N3OS/c1-22-14-9-7-12(8-10-14)15-11-19-18-16(20-15)21-17(23-18)13-5-3-2-4-6-13/h2-11H,1H3. The van der Waals surface area contributed by atoms with E-state index in [9.17, 15) is 0 Å². The molecule has 112 valence electrons. The molecule has 0 atom stereocenters. The lowest BCUT2D eigenvalue weighted by molar-refractivity contribution is 0.415. The molecule has 0 unspecified atom stereocenters. The predicted molar refractivity (Wildman–Crippen MR) is 92.6 cm³/mol. The van der Waals surface area contributed by atoms with Crippen LogP contribution >= 0.6 is 11.3 Å². The number of rotatable bonds is 3. The second-order valence-corrected chi connectivity index (χ2v) is 5.98. The van der Waals surface area contributed by atoms with Gasteiger partial charge in [-0.2, -0.15) is 0 Å². The van der Waals surface area contributed by atoms with Crippen molar-refractivity contribution in [3.05, 3.63) is 60.8 Å². The molecule has 0 radical (unpaired) electrons. The summed E-state index contributed by atoms with van der Waals surface area (Å²) in [5.74, 6) is 0.822. The molecule has 0 aliphatic rings. The van der Waals surface area contributed by atoms with Crippen LogP contribution in [0.4, 0.5) is 0 Å². The van der Waals surface area contributed by atoms with Gasteiger partial charge < -0.3 is 4.74 Å². The lowest BCUT2D eigenvalue weighted by Crippen LogP contribution is -1.88. The van der Waals surface area contributed by atoms with Crippen molar-refractivity contribution in [3.63, 3.8) is 0 Å². The normalized spacial score (nSPS) is 10.8. The molecular weight excluding hydrogens is 306 g/mol. The van der Waals surface area contributed by atoms with Gasteiger partial charge in [0.1, 0.15) is 10.8 Å². The minimum absolute atomic E-state index is 0.683. The van der Waals surface area contributed by atoms with Crippen molar-refractivity contribution < 1.29 is 4.74 Å². The van der Waals surface area contributed by atoms with Crippen LogP contribution in [0, 0.1) is 0 Å². The molecule has 4 aromatic rings. The summed E-state index contributed by atoms with van der Waals surface area (Å²) in [6, 6.07) is 17.9. The molecule has 0 bridgehead atoms. The summed E-state index contributed by atoms with van der Waals surface area (Å²) >= 11 is 1.56. The van der Waals surface area contributed by atoms with Gasteiger partial charge in [-0.25, -0.2) is 15.0 Å². The van der Waals surface area contributed by atoms with Gasteiger partial charge in [0.15, 0.2) is 10.5 Å². The minimum Gasteiger partial charge on any atom is -0.497 e. The average molecular weight is 319 g/mol. The van der Waals surface area contributed by atoms with Crippen molar-refractivity contribution in [3.8, 4) is 27.6 Å². The van der Waals surface area contributed by atoms with Gasteiger partial charge in [0.25, 0.3) is 0 Å². The summed E-state index contributed by atoms with van der Waals surface area (Å²) in [5, 5.41) is 0.937. The molecular formula is C18H13N3OS. The highest BCUT2D eigenvalue weighted by atomic mass is 32.1. The lowest BCUT2D eigenvalue weighted by Gasteiger charge is -2.02. The largest absolute Gasteiger partial charge is 0.497 e. The summed E-state index contributed by atoms with van der Waals surface area (Å²) in [6.45, 7) is 0. The molecule has 0 amide bonds. The van der Waals surface area contributed by atoms with Crippen LogP contribution in [0.5, 0.6) is 5.75 Å². The zero-order chi connectivity index (χ0) is 15.6. The maximum absolute atomic E-state index is 5.18. The number of methoxy groups -OCH3 is 1. The molecule has 0 spiro atoms. The maximum atomic E-state index is 5.18. The van der Waals surface area contributed by atoms with Crippen molar-refractivity contribution in [2.24, 2.45) is 0 Å². The number of aromatic nitrogens is 3. The van der Waals surface area contributed by atoms with Gasteiger partial charge in [0.05, 0.1) is 19.0 Å². The van der Waals surface area contributed by atoms with Crippen molar-refractivity contribution in [2.75, 3.05) is 7.11 Å². The quantitative estimate of drug-likeness (QED) is 0.560.